The zero-order valence-corrected chi connectivity index (χ0v) is 15.1. The first-order valence-electron chi connectivity index (χ1n) is 8.52. The van der Waals surface area contributed by atoms with Gasteiger partial charge in [0.15, 0.2) is 0 Å². The number of methoxy groups -OCH3 is 1. The molecule has 0 saturated heterocycles. The fourth-order valence-electron chi connectivity index (χ4n) is 2.87. The van der Waals surface area contributed by atoms with Crippen LogP contribution in [0.25, 0.3) is 10.8 Å². The van der Waals surface area contributed by atoms with Gasteiger partial charge in [-0.05, 0) is 47.5 Å². The molecule has 3 rings (SSSR count). The Labute approximate surface area is 156 Å². The van der Waals surface area contributed by atoms with Crippen molar-refractivity contribution < 1.29 is 18.3 Å². The molecule has 1 unspecified atom stereocenters. The molecule has 0 heterocycles. The first kappa shape index (κ1) is 18.6. The molecule has 6 heteroatoms. The summed E-state index contributed by atoms with van der Waals surface area (Å²) in [5.74, 6) is -0.552. The van der Waals surface area contributed by atoms with E-state index in [1.165, 1.54) is 12.1 Å². The summed E-state index contributed by atoms with van der Waals surface area (Å²) in [6.45, 7) is 1.96. The summed E-state index contributed by atoms with van der Waals surface area (Å²) in [7, 11) is 1.62. The van der Waals surface area contributed by atoms with Crippen LogP contribution in [0.15, 0.2) is 54.6 Å². The average Bonchev–Trinajstić information content (AvgIpc) is 2.65. The number of hydrogen-bond acceptors (Lipinski definition) is 2. The van der Waals surface area contributed by atoms with Crippen molar-refractivity contribution in [1.29, 1.82) is 0 Å². The molecule has 3 aromatic rings. The summed E-state index contributed by atoms with van der Waals surface area (Å²) in [5, 5.41) is 7.48. The number of rotatable bonds is 5. The van der Waals surface area contributed by atoms with Crippen molar-refractivity contribution >= 4 is 16.8 Å². The van der Waals surface area contributed by atoms with Crippen LogP contribution in [0.1, 0.15) is 24.1 Å². The molecule has 0 radical (unpaired) electrons. The molecule has 0 bridgehead atoms. The third kappa shape index (κ3) is 4.53. The lowest BCUT2D eigenvalue weighted by atomic mass is 10.1. The lowest BCUT2D eigenvalue weighted by Crippen LogP contribution is -2.36. The SMILES string of the molecule is COc1ccc2cc(CNC(=O)NC(C)c3ccc(F)cc3F)ccc2c1. The van der Waals surface area contributed by atoms with E-state index >= 15 is 0 Å². The smallest absolute Gasteiger partial charge is 0.315 e. The lowest BCUT2D eigenvalue weighted by molar-refractivity contribution is 0.237. The van der Waals surface area contributed by atoms with E-state index in [4.69, 9.17) is 4.74 Å². The molecule has 3 aromatic carbocycles. The second-order valence-corrected chi connectivity index (χ2v) is 6.26. The highest BCUT2D eigenvalue weighted by atomic mass is 19.1. The molecule has 2 amide bonds. The van der Waals surface area contributed by atoms with Crippen LogP contribution in [-0.4, -0.2) is 13.1 Å². The number of nitrogens with one attached hydrogen (secondary N) is 2. The molecule has 2 N–H and O–H groups in total. The van der Waals surface area contributed by atoms with Crippen LogP contribution < -0.4 is 15.4 Å². The van der Waals surface area contributed by atoms with Gasteiger partial charge in [0.1, 0.15) is 17.4 Å². The highest BCUT2D eigenvalue weighted by Gasteiger charge is 2.14. The summed E-state index contributed by atoms with van der Waals surface area (Å²) < 4.78 is 32.0. The van der Waals surface area contributed by atoms with Gasteiger partial charge in [-0.2, -0.15) is 0 Å². The Hall–Kier alpha value is -3.15. The first-order chi connectivity index (χ1) is 13.0. The number of amides is 2. The number of fused-ring (bicyclic) bond motifs is 1. The topological polar surface area (TPSA) is 50.4 Å². The van der Waals surface area contributed by atoms with E-state index in [9.17, 15) is 13.6 Å². The molecule has 27 heavy (non-hydrogen) atoms. The number of ether oxygens (including phenoxy) is 1. The van der Waals surface area contributed by atoms with Crippen molar-refractivity contribution in [2.45, 2.75) is 19.5 Å². The van der Waals surface area contributed by atoms with E-state index in [1.54, 1.807) is 14.0 Å². The number of urea groups is 1. The van der Waals surface area contributed by atoms with Gasteiger partial charge >= 0.3 is 6.03 Å². The maximum absolute atomic E-state index is 13.8. The summed E-state index contributed by atoms with van der Waals surface area (Å²) >= 11 is 0. The number of benzene rings is 3. The normalized spacial score (nSPS) is 11.9. The molecule has 0 aliphatic heterocycles. The number of hydrogen-bond donors (Lipinski definition) is 2. The zero-order valence-electron chi connectivity index (χ0n) is 15.1. The van der Waals surface area contributed by atoms with Gasteiger partial charge in [0.25, 0.3) is 0 Å². The maximum Gasteiger partial charge on any atom is 0.315 e. The zero-order chi connectivity index (χ0) is 19.4. The van der Waals surface area contributed by atoms with Crippen LogP contribution in [0.3, 0.4) is 0 Å². The quantitative estimate of drug-likeness (QED) is 0.685. The van der Waals surface area contributed by atoms with Crippen molar-refractivity contribution in [1.82, 2.24) is 10.6 Å². The Kier molecular flexibility index (Phi) is 5.54. The Balaban J connectivity index is 1.60. The molecule has 0 saturated carbocycles. The Morgan fingerprint density at radius 1 is 1.04 bits per heavy atom. The molecule has 0 aliphatic carbocycles. The second-order valence-electron chi connectivity index (χ2n) is 6.26. The average molecular weight is 370 g/mol. The van der Waals surface area contributed by atoms with E-state index in [0.29, 0.717) is 6.54 Å². The predicted octanol–water partition coefficient (Wildman–Crippen LogP) is 4.69. The predicted molar refractivity (Wildman–Crippen MR) is 101 cm³/mol. The fourth-order valence-corrected chi connectivity index (χ4v) is 2.87. The lowest BCUT2D eigenvalue weighted by Gasteiger charge is -2.16. The number of carbonyl (C=O) groups excluding carboxylic acids is 1. The molecule has 0 spiro atoms. The van der Waals surface area contributed by atoms with Crippen LogP contribution >= 0.6 is 0 Å². The van der Waals surface area contributed by atoms with Crippen LogP contribution in [0, 0.1) is 11.6 Å². The fraction of sp³-hybridized carbons (Fsp3) is 0.190. The van der Waals surface area contributed by atoms with Crippen molar-refractivity contribution in [2.75, 3.05) is 7.11 Å². The summed E-state index contributed by atoms with van der Waals surface area (Å²) in [6.07, 6.45) is 0. The van der Waals surface area contributed by atoms with Gasteiger partial charge in [0, 0.05) is 18.2 Å². The van der Waals surface area contributed by atoms with Gasteiger partial charge in [-0.25, -0.2) is 13.6 Å². The molecule has 1 atom stereocenters. The van der Waals surface area contributed by atoms with Gasteiger partial charge < -0.3 is 15.4 Å². The van der Waals surface area contributed by atoms with E-state index in [1.807, 2.05) is 36.4 Å². The first-order valence-corrected chi connectivity index (χ1v) is 8.52. The molecule has 140 valence electrons. The second kappa shape index (κ2) is 8.03. The van der Waals surface area contributed by atoms with Crippen molar-refractivity contribution in [3.8, 4) is 5.75 Å². The highest BCUT2D eigenvalue weighted by molar-refractivity contribution is 5.84. The Morgan fingerprint density at radius 3 is 2.52 bits per heavy atom. The summed E-state index contributed by atoms with van der Waals surface area (Å²) in [4.78, 5) is 12.1. The molecular weight excluding hydrogens is 350 g/mol. The molecule has 4 nitrogen and oxygen atoms in total. The van der Waals surface area contributed by atoms with Gasteiger partial charge in [-0.1, -0.05) is 24.3 Å². The summed E-state index contributed by atoms with van der Waals surface area (Å²) in [5.41, 5.74) is 1.16. The van der Waals surface area contributed by atoms with Gasteiger partial charge in [-0.15, -0.1) is 0 Å². The molecular formula is C21H20F2N2O2. The monoisotopic (exact) mass is 370 g/mol. The Morgan fingerprint density at radius 2 is 1.78 bits per heavy atom. The maximum atomic E-state index is 13.8. The van der Waals surface area contributed by atoms with Crippen LogP contribution in [0.5, 0.6) is 5.75 Å². The summed E-state index contributed by atoms with van der Waals surface area (Å²) in [6, 6.07) is 13.9. The minimum atomic E-state index is -0.687. The van der Waals surface area contributed by atoms with E-state index < -0.39 is 23.7 Å². The van der Waals surface area contributed by atoms with Gasteiger partial charge in [0.2, 0.25) is 0 Å². The van der Waals surface area contributed by atoms with Crippen molar-refractivity contribution in [3.63, 3.8) is 0 Å². The Bertz CT molecular complexity index is 976. The number of halogens is 2. The van der Waals surface area contributed by atoms with E-state index in [0.717, 1.165) is 28.2 Å². The minimum Gasteiger partial charge on any atom is -0.497 e. The van der Waals surface area contributed by atoms with Gasteiger partial charge in [-0.3, -0.25) is 0 Å². The largest absolute Gasteiger partial charge is 0.497 e. The molecule has 0 aliphatic rings. The number of carbonyl (C=O) groups is 1. The minimum absolute atomic E-state index is 0.228. The third-order valence-electron chi connectivity index (χ3n) is 4.34. The standard InChI is InChI=1S/C21H20F2N2O2/c1-13(19-8-6-17(22)11-20(19)23)25-21(26)24-12-14-3-4-16-10-18(27-2)7-5-15(16)9-14/h3-11,13H,12H2,1-2H3,(H2,24,25,26). The molecule has 0 aromatic heterocycles. The van der Waals surface area contributed by atoms with Crippen LogP contribution in [0.2, 0.25) is 0 Å². The highest BCUT2D eigenvalue weighted by Crippen LogP contribution is 2.22. The van der Waals surface area contributed by atoms with Gasteiger partial charge in [0.05, 0.1) is 13.2 Å². The van der Waals surface area contributed by atoms with E-state index in [2.05, 4.69) is 10.6 Å². The molecule has 0 fully saturated rings. The van der Waals surface area contributed by atoms with Crippen LogP contribution in [0.4, 0.5) is 13.6 Å². The van der Waals surface area contributed by atoms with Crippen molar-refractivity contribution in [2.24, 2.45) is 0 Å². The van der Waals surface area contributed by atoms with Crippen molar-refractivity contribution in [3.05, 3.63) is 77.4 Å². The third-order valence-corrected chi connectivity index (χ3v) is 4.34. The van der Waals surface area contributed by atoms with Crippen LogP contribution in [-0.2, 0) is 6.54 Å². The van der Waals surface area contributed by atoms with E-state index in [-0.39, 0.29) is 5.56 Å².